The molecular weight excluding hydrogens is 411 g/mol. The number of aliphatic hydroxyl groups excluding tert-OH is 1. The maximum Gasteiger partial charge on any atom is 0.573 e. The lowest BCUT2D eigenvalue weighted by Crippen LogP contribution is -2.22. The minimum atomic E-state index is -4.78. The second-order valence-electron chi connectivity index (χ2n) is 6.84. The van der Waals surface area contributed by atoms with Gasteiger partial charge in [0.2, 0.25) is 0 Å². The Morgan fingerprint density at radius 3 is 2.58 bits per heavy atom. The molecule has 1 N–H and O–H groups in total. The van der Waals surface area contributed by atoms with E-state index in [1.54, 1.807) is 18.5 Å². The van der Waals surface area contributed by atoms with Gasteiger partial charge in [-0.15, -0.1) is 13.2 Å². The highest BCUT2D eigenvalue weighted by atomic mass is 19.4. The summed E-state index contributed by atoms with van der Waals surface area (Å²) in [6.07, 6.45) is -1.55. The highest BCUT2D eigenvalue weighted by molar-refractivity contribution is 5.90. The molecule has 0 atom stereocenters. The van der Waals surface area contributed by atoms with Crippen LogP contribution in [-0.4, -0.2) is 42.9 Å². The van der Waals surface area contributed by atoms with E-state index < -0.39 is 6.36 Å². The first-order valence-corrected chi connectivity index (χ1v) is 9.36. The van der Waals surface area contributed by atoms with E-state index in [1.165, 1.54) is 18.2 Å². The maximum atomic E-state index is 12.5. The van der Waals surface area contributed by atoms with Crippen LogP contribution in [0.15, 0.2) is 59.7 Å². The number of anilines is 1. The van der Waals surface area contributed by atoms with Crippen LogP contribution >= 0.6 is 0 Å². The molecule has 0 aliphatic carbocycles. The van der Waals surface area contributed by atoms with Crippen molar-refractivity contribution in [2.24, 2.45) is 4.99 Å². The average molecular weight is 429 g/mol. The van der Waals surface area contributed by atoms with Gasteiger partial charge < -0.3 is 19.5 Å². The van der Waals surface area contributed by atoms with E-state index in [0.717, 1.165) is 16.9 Å². The summed E-state index contributed by atoms with van der Waals surface area (Å²) in [7, 11) is 1.84. The van der Waals surface area contributed by atoms with Gasteiger partial charge in [0.25, 0.3) is 0 Å². The third-order valence-corrected chi connectivity index (χ3v) is 4.64. The number of aliphatic hydroxyl groups is 1. The van der Waals surface area contributed by atoms with Crippen molar-refractivity contribution in [1.82, 2.24) is 4.98 Å². The molecule has 6 nitrogen and oxygen atoms in total. The van der Waals surface area contributed by atoms with Crippen molar-refractivity contribution in [2.75, 3.05) is 25.1 Å². The molecule has 2 aromatic carbocycles. The molecule has 0 saturated carbocycles. The number of alkyl halides is 3. The molecule has 0 fully saturated rings. The molecule has 31 heavy (non-hydrogen) atoms. The quantitative estimate of drug-likeness (QED) is 0.487. The van der Waals surface area contributed by atoms with Gasteiger partial charge in [-0.3, -0.25) is 4.99 Å². The number of fused-ring (bicyclic) bond motifs is 2. The molecule has 1 aromatic heterocycles. The van der Waals surface area contributed by atoms with E-state index in [2.05, 4.69) is 14.7 Å². The van der Waals surface area contributed by atoms with Crippen LogP contribution in [0.1, 0.15) is 5.56 Å². The number of ether oxygens (including phenoxy) is 2. The van der Waals surface area contributed by atoms with Crippen molar-refractivity contribution < 1.29 is 27.8 Å². The minimum absolute atomic E-state index is 0.0192. The number of rotatable bonds is 5. The van der Waals surface area contributed by atoms with Crippen LogP contribution in [0.3, 0.4) is 0 Å². The van der Waals surface area contributed by atoms with Crippen molar-refractivity contribution in [2.45, 2.75) is 6.36 Å². The van der Waals surface area contributed by atoms with Crippen LogP contribution in [0, 0.1) is 0 Å². The fraction of sp³-hybridized carbons (Fsp3) is 0.182. The molecule has 3 aromatic rings. The number of aliphatic imine (C=N–C) groups is 1. The summed E-state index contributed by atoms with van der Waals surface area (Å²) in [6, 6.07) is 13.1. The molecule has 0 amide bonds. The predicted molar refractivity (Wildman–Crippen MR) is 110 cm³/mol. The molecular formula is C22H18F3N3O3. The van der Waals surface area contributed by atoms with E-state index in [4.69, 9.17) is 9.84 Å². The zero-order valence-electron chi connectivity index (χ0n) is 16.4. The molecule has 0 radical (unpaired) electrons. The summed E-state index contributed by atoms with van der Waals surface area (Å²) >= 11 is 0. The molecule has 1 aliphatic rings. The zero-order valence-corrected chi connectivity index (χ0v) is 16.4. The van der Waals surface area contributed by atoms with Crippen LogP contribution < -0.4 is 14.4 Å². The minimum Gasteiger partial charge on any atom is -0.454 e. The lowest BCUT2D eigenvalue weighted by atomic mass is 10.0. The number of nitrogens with zero attached hydrogens (tertiary/aromatic N) is 3. The molecule has 0 saturated heterocycles. The van der Waals surface area contributed by atoms with Crippen LogP contribution in [0.5, 0.6) is 17.2 Å². The van der Waals surface area contributed by atoms with Crippen molar-refractivity contribution >= 4 is 17.7 Å². The van der Waals surface area contributed by atoms with Gasteiger partial charge in [-0.1, -0.05) is 6.07 Å². The first kappa shape index (κ1) is 20.7. The topological polar surface area (TPSA) is 67.2 Å². The van der Waals surface area contributed by atoms with E-state index in [9.17, 15) is 13.2 Å². The monoisotopic (exact) mass is 429 g/mol. The number of hydrogen-bond donors (Lipinski definition) is 1. The molecule has 160 valence electrons. The Labute approximate surface area is 176 Å². The normalized spacial score (nSPS) is 12.4. The Kier molecular flexibility index (Phi) is 5.51. The van der Waals surface area contributed by atoms with E-state index in [0.29, 0.717) is 23.6 Å². The number of halogens is 3. The zero-order chi connectivity index (χ0) is 22.0. The molecule has 0 spiro atoms. The molecule has 0 unspecified atom stereocenters. The molecule has 4 rings (SSSR count). The van der Waals surface area contributed by atoms with Crippen molar-refractivity contribution in [3.63, 3.8) is 0 Å². The van der Waals surface area contributed by atoms with Gasteiger partial charge in [-0.2, -0.15) is 0 Å². The smallest absolute Gasteiger partial charge is 0.454 e. The molecule has 0 bridgehead atoms. The standard InChI is InChI=1S/C22H18F3N3O3/c1-28(8-9-29)21-11-15(6-7-26-21)14-2-4-19-16(10-14)13-27-18-12-17(31-22(23,24)25)3-5-20(18)30-19/h2-7,10-13,29H,8-9H2,1H3. The van der Waals surface area contributed by atoms with Gasteiger partial charge in [-0.05, 0) is 47.5 Å². The third kappa shape index (κ3) is 4.77. The number of hydrogen-bond acceptors (Lipinski definition) is 6. The van der Waals surface area contributed by atoms with Crippen molar-refractivity contribution in [3.8, 4) is 28.4 Å². The van der Waals surface area contributed by atoms with E-state index >= 15 is 0 Å². The summed E-state index contributed by atoms with van der Waals surface area (Å²) in [5.41, 5.74) is 2.71. The number of pyridine rings is 1. The van der Waals surface area contributed by atoms with E-state index in [-0.39, 0.29) is 18.0 Å². The molecule has 2 heterocycles. The van der Waals surface area contributed by atoms with Gasteiger partial charge in [0, 0.05) is 37.6 Å². The molecule has 9 heteroatoms. The second-order valence-corrected chi connectivity index (χ2v) is 6.84. The Balaban J connectivity index is 1.64. The Hall–Kier alpha value is -3.59. The fourth-order valence-electron chi connectivity index (χ4n) is 3.13. The Bertz CT molecular complexity index is 1130. The van der Waals surface area contributed by atoms with Gasteiger partial charge in [0.05, 0.1) is 6.61 Å². The molecule has 1 aliphatic heterocycles. The maximum absolute atomic E-state index is 12.5. The third-order valence-electron chi connectivity index (χ3n) is 4.64. The number of benzene rings is 2. The summed E-state index contributed by atoms with van der Waals surface area (Å²) in [5.74, 6) is 1.21. The van der Waals surface area contributed by atoms with Crippen LogP contribution in [0.4, 0.5) is 24.7 Å². The summed E-state index contributed by atoms with van der Waals surface area (Å²) in [4.78, 5) is 10.4. The lowest BCUT2D eigenvalue weighted by molar-refractivity contribution is -0.274. The summed E-state index contributed by atoms with van der Waals surface area (Å²) in [6.45, 7) is 0.477. The Morgan fingerprint density at radius 2 is 1.81 bits per heavy atom. The van der Waals surface area contributed by atoms with Crippen LogP contribution in [0.2, 0.25) is 0 Å². The van der Waals surface area contributed by atoms with Crippen LogP contribution in [-0.2, 0) is 0 Å². The largest absolute Gasteiger partial charge is 0.573 e. The number of likely N-dealkylation sites (N-methyl/N-ethyl adjacent to an activating group) is 1. The highest BCUT2D eigenvalue weighted by Gasteiger charge is 2.31. The SMILES string of the molecule is CN(CCO)c1cc(-c2ccc3c(c2)C=Nc2cc(OC(F)(F)F)ccc2O3)ccn1. The van der Waals surface area contributed by atoms with Crippen molar-refractivity contribution in [3.05, 3.63) is 60.3 Å². The second kappa shape index (κ2) is 8.27. The van der Waals surface area contributed by atoms with E-state index in [1.807, 2.05) is 36.2 Å². The van der Waals surface area contributed by atoms with Crippen molar-refractivity contribution in [1.29, 1.82) is 0 Å². The number of aromatic nitrogens is 1. The van der Waals surface area contributed by atoms with Gasteiger partial charge in [0.1, 0.15) is 23.0 Å². The average Bonchev–Trinajstić information content (AvgIpc) is 2.91. The van der Waals surface area contributed by atoms with Crippen LogP contribution in [0.25, 0.3) is 11.1 Å². The summed E-state index contributed by atoms with van der Waals surface area (Å²) in [5, 5.41) is 9.13. The highest BCUT2D eigenvalue weighted by Crippen LogP contribution is 2.40. The fourth-order valence-corrected chi connectivity index (χ4v) is 3.13. The Morgan fingerprint density at radius 1 is 1.03 bits per heavy atom. The lowest BCUT2D eigenvalue weighted by Gasteiger charge is -2.17. The van der Waals surface area contributed by atoms with Gasteiger partial charge in [0.15, 0.2) is 5.75 Å². The first-order valence-electron chi connectivity index (χ1n) is 9.36. The predicted octanol–water partition coefficient (Wildman–Crippen LogP) is 4.93. The summed E-state index contributed by atoms with van der Waals surface area (Å²) < 4.78 is 47.3. The van der Waals surface area contributed by atoms with Gasteiger partial charge in [-0.25, -0.2) is 4.98 Å². The first-order chi connectivity index (χ1) is 14.8. The van der Waals surface area contributed by atoms with Gasteiger partial charge >= 0.3 is 6.36 Å².